The molecule has 20 heavy (non-hydrogen) atoms. The molecule has 0 spiro atoms. The maximum atomic E-state index is 12.3. The molecular weight excluding hydrogens is 288 g/mol. The number of carbonyl (C=O) groups excluding carboxylic acids is 1. The number of carbonyl (C=O) groups is 1. The van der Waals surface area contributed by atoms with Crippen LogP contribution in [0.15, 0.2) is 30.3 Å². The third-order valence-corrected chi connectivity index (χ3v) is 4.01. The van der Waals surface area contributed by atoms with E-state index in [9.17, 15) is 4.79 Å². The van der Waals surface area contributed by atoms with Crippen LogP contribution in [0.5, 0.6) is 0 Å². The molecule has 0 radical (unpaired) electrons. The molecule has 1 rings (SSSR count). The fourth-order valence-corrected chi connectivity index (χ4v) is 2.66. The summed E-state index contributed by atoms with van der Waals surface area (Å²) in [4.78, 5) is 12.5. The first kappa shape index (κ1) is 17.0. The zero-order chi connectivity index (χ0) is 15.0. The second kappa shape index (κ2) is 8.97. The van der Waals surface area contributed by atoms with Crippen LogP contribution < -0.4 is 11.1 Å². The highest BCUT2D eigenvalue weighted by Crippen LogP contribution is 2.10. The standard InChI is InChI=1S/C15H22N2OS2/c1-11(8-9-20-2)17-15(18)13(14(16)19)10-12-6-4-3-5-7-12/h3-7,11,13H,8-10H2,1-2H3,(H2,16,19)(H,17,18). The molecule has 2 atom stereocenters. The Hall–Kier alpha value is -1.07. The first-order valence-electron chi connectivity index (χ1n) is 6.67. The molecule has 0 saturated heterocycles. The molecule has 0 aliphatic heterocycles. The highest BCUT2D eigenvalue weighted by molar-refractivity contribution is 7.98. The third kappa shape index (κ3) is 5.92. The van der Waals surface area contributed by atoms with Crippen molar-refractivity contribution in [2.75, 3.05) is 12.0 Å². The van der Waals surface area contributed by atoms with Gasteiger partial charge in [-0.15, -0.1) is 0 Å². The fourth-order valence-electron chi connectivity index (χ4n) is 1.88. The summed E-state index contributed by atoms with van der Waals surface area (Å²) < 4.78 is 0. The number of thiocarbonyl (C=S) groups is 1. The summed E-state index contributed by atoms with van der Waals surface area (Å²) in [6.45, 7) is 2.01. The molecule has 3 nitrogen and oxygen atoms in total. The van der Waals surface area contributed by atoms with Crippen LogP contribution in [0.4, 0.5) is 0 Å². The van der Waals surface area contributed by atoms with Gasteiger partial charge in [-0.2, -0.15) is 11.8 Å². The predicted molar refractivity (Wildman–Crippen MR) is 91.0 cm³/mol. The summed E-state index contributed by atoms with van der Waals surface area (Å²) in [5, 5.41) is 3.00. The van der Waals surface area contributed by atoms with Crippen molar-refractivity contribution in [3.8, 4) is 0 Å². The quantitative estimate of drug-likeness (QED) is 0.724. The van der Waals surface area contributed by atoms with Crippen molar-refractivity contribution < 1.29 is 4.79 Å². The number of thioether (sulfide) groups is 1. The van der Waals surface area contributed by atoms with E-state index in [-0.39, 0.29) is 16.9 Å². The van der Waals surface area contributed by atoms with Crippen molar-refractivity contribution in [2.45, 2.75) is 25.8 Å². The first-order chi connectivity index (χ1) is 9.54. The molecule has 2 unspecified atom stereocenters. The lowest BCUT2D eigenvalue weighted by Gasteiger charge is -2.19. The molecule has 0 bridgehead atoms. The molecule has 0 aromatic heterocycles. The monoisotopic (exact) mass is 310 g/mol. The van der Waals surface area contributed by atoms with Crippen LogP contribution in [0.25, 0.3) is 0 Å². The van der Waals surface area contributed by atoms with Crippen molar-refractivity contribution >= 4 is 34.9 Å². The van der Waals surface area contributed by atoms with Crippen LogP contribution in [0.2, 0.25) is 0 Å². The molecule has 0 aliphatic rings. The largest absolute Gasteiger partial charge is 0.393 e. The maximum Gasteiger partial charge on any atom is 0.230 e. The normalized spacial score (nSPS) is 13.5. The van der Waals surface area contributed by atoms with Crippen LogP contribution >= 0.6 is 24.0 Å². The number of hydrogen-bond acceptors (Lipinski definition) is 3. The van der Waals surface area contributed by atoms with Crippen LogP contribution in [0.3, 0.4) is 0 Å². The predicted octanol–water partition coefficient (Wildman–Crippen LogP) is 2.39. The summed E-state index contributed by atoms with van der Waals surface area (Å²) in [6.07, 6.45) is 3.56. The summed E-state index contributed by atoms with van der Waals surface area (Å²) in [5.74, 6) is 0.511. The molecule has 1 amide bonds. The van der Waals surface area contributed by atoms with Gasteiger partial charge in [0, 0.05) is 6.04 Å². The van der Waals surface area contributed by atoms with Gasteiger partial charge in [-0.05, 0) is 37.3 Å². The van der Waals surface area contributed by atoms with Crippen LogP contribution in [0.1, 0.15) is 18.9 Å². The Morgan fingerprint density at radius 3 is 2.60 bits per heavy atom. The maximum absolute atomic E-state index is 12.3. The van der Waals surface area contributed by atoms with E-state index in [0.717, 1.165) is 17.7 Å². The Labute approximate surface area is 130 Å². The Morgan fingerprint density at radius 2 is 2.05 bits per heavy atom. The van der Waals surface area contributed by atoms with Gasteiger partial charge in [0.2, 0.25) is 5.91 Å². The van der Waals surface area contributed by atoms with Gasteiger partial charge in [-0.3, -0.25) is 4.79 Å². The molecule has 5 heteroatoms. The second-order valence-corrected chi connectivity index (χ2v) is 6.29. The van der Waals surface area contributed by atoms with Gasteiger partial charge in [0.15, 0.2) is 0 Å². The molecule has 0 saturated carbocycles. The molecular formula is C15H22N2OS2. The SMILES string of the molecule is CSCCC(C)NC(=O)C(Cc1ccccc1)C(N)=S. The summed E-state index contributed by atoms with van der Waals surface area (Å²) in [5.41, 5.74) is 6.79. The topological polar surface area (TPSA) is 55.1 Å². The van der Waals surface area contributed by atoms with Crippen molar-refractivity contribution in [3.63, 3.8) is 0 Å². The van der Waals surface area contributed by atoms with E-state index in [2.05, 4.69) is 11.6 Å². The van der Waals surface area contributed by atoms with E-state index < -0.39 is 5.92 Å². The highest BCUT2D eigenvalue weighted by Gasteiger charge is 2.22. The van der Waals surface area contributed by atoms with Gasteiger partial charge in [0.05, 0.1) is 10.9 Å². The number of hydrogen-bond donors (Lipinski definition) is 2. The van der Waals surface area contributed by atoms with Crippen LogP contribution in [-0.2, 0) is 11.2 Å². The average molecular weight is 310 g/mol. The van der Waals surface area contributed by atoms with Gasteiger partial charge in [-0.25, -0.2) is 0 Å². The van der Waals surface area contributed by atoms with Crippen molar-refractivity contribution in [2.24, 2.45) is 11.7 Å². The number of nitrogens with one attached hydrogen (secondary N) is 1. The van der Waals surface area contributed by atoms with Gasteiger partial charge in [0.1, 0.15) is 0 Å². The number of benzene rings is 1. The third-order valence-electron chi connectivity index (χ3n) is 3.09. The number of nitrogens with two attached hydrogens (primary N) is 1. The zero-order valence-electron chi connectivity index (χ0n) is 12.0. The van der Waals surface area contributed by atoms with Gasteiger partial charge >= 0.3 is 0 Å². The zero-order valence-corrected chi connectivity index (χ0v) is 13.6. The second-order valence-electron chi connectivity index (χ2n) is 4.84. The van der Waals surface area contributed by atoms with Crippen molar-refractivity contribution in [1.82, 2.24) is 5.32 Å². The summed E-state index contributed by atoms with van der Waals surface area (Å²) in [6, 6.07) is 9.95. The smallest absolute Gasteiger partial charge is 0.230 e. The molecule has 0 heterocycles. The highest BCUT2D eigenvalue weighted by atomic mass is 32.2. The molecule has 0 fully saturated rings. The van der Waals surface area contributed by atoms with E-state index in [4.69, 9.17) is 18.0 Å². The van der Waals surface area contributed by atoms with Crippen molar-refractivity contribution in [3.05, 3.63) is 35.9 Å². The average Bonchev–Trinajstić information content (AvgIpc) is 2.43. The van der Waals surface area contributed by atoms with E-state index in [1.165, 1.54) is 0 Å². The first-order valence-corrected chi connectivity index (χ1v) is 8.47. The summed E-state index contributed by atoms with van der Waals surface area (Å²) in [7, 11) is 0. The van der Waals surface area contributed by atoms with Crippen LogP contribution in [0, 0.1) is 5.92 Å². The Bertz CT molecular complexity index is 437. The Kier molecular flexibility index (Phi) is 7.62. The van der Waals surface area contributed by atoms with E-state index >= 15 is 0 Å². The van der Waals surface area contributed by atoms with E-state index in [1.54, 1.807) is 11.8 Å². The lowest BCUT2D eigenvalue weighted by atomic mass is 9.98. The molecule has 110 valence electrons. The summed E-state index contributed by atoms with van der Waals surface area (Å²) >= 11 is 6.82. The molecule has 1 aromatic rings. The minimum Gasteiger partial charge on any atom is -0.393 e. The minimum atomic E-state index is -0.441. The Balaban J connectivity index is 2.62. The van der Waals surface area contributed by atoms with E-state index in [1.807, 2.05) is 37.3 Å². The van der Waals surface area contributed by atoms with Gasteiger partial charge < -0.3 is 11.1 Å². The van der Waals surface area contributed by atoms with Gasteiger partial charge in [0.25, 0.3) is 0 Å². The fraction of sp³-hybridized carbons (Fsp3) is 0.467. The Morgan fingerprint density at radius 1 is 1.40 bits per heavy atom. The molecule has 0 aliphatic carbocycles. The number of amides is 1. The lowest BCUT2D eigenvalue weighted by Crippen LogP contribution is -2.43. The van der Waals surface area contributed by atoms with E-state index in [0.29, 0.717) is 6.42 Å². The molecule has 3 N–H and O–H groups in total. The number of rotatable bonds is 8. The lowest BCUT2D eigenvalue weighted by molar-refractivity contribution is -0.123. The molecule has 1 aromatic carbocycles. The van der Waals surface area contributed by atoms with Crippen LogP contribution in [-0.4, -0.2) is 28.9 Å². The minimum absolute atomic E-state index is 0.0741. The van der Waals surface area contributed by atoms with Crippen molar-refractivity contribution in [1.29, 1.82) is 0 Å². The van der Waals surface area contributed by atoms with Gasteiger partial charge in [-0.1, -0.05) is 42.5 Å².